The van der Waals surface area contributed by atoms with Crippen molar-refractivity contribution in [3.8, 4) is 11.4 Å². The number of nitrogens with one attached hydrogen (secondary N) is 1. The molecule has 10 heteroatoms. The summed E-state index contributed by atoms with van der Waals surface area (Å²) in [6.07, 6.45) is 3.27. The number of anilines is 1. The summed E-state index contributed by atoms with van der Waals surface area (Å²) < 4.78 is 1.56. The maximum absolute atomic E-state index is 12.2. The molecule has 0 fully saturated rings. The quantitative estimate of drug-likeness (QED) is 0.523. The van der Waals surface area contributed by atoms with Gasteiger partial charge in [0.2, 0.25) is 11.9 Å². The fraction of sp³-hybridized carbons (Fsp3) is 0.111. The summed E-state index contributed by atoms with van der Waals surface area (Å²) in [6, 6.07) is 8.83. The fourth-order valence-electron chi connectivity index (χ4n) is 3.18. The van der Waals surface area contributed by atoms with Gasteiger partial charge in [-0.05, 0) is 36.8 Å². The molecule has 0 bridgehead atoms. The lowest BCUT2D eigenvalue weighted by molar-refractivity contribution is -0.384. The number of non-ortho nitro benzene ring substituents is 1. The number of nitro groups is 1. The van der Waals surface area contributed by atoms with Gasteiger partial charge in [-0.1, -0.05) is 0 Å². The minimum atomic E-state index is -0.655. The lowest BCUT2D eigenvalue weighted by Crippen LogP contribution is -2.31. The predicted octanol–water partition coefficient (Wildman–Crippen LogP) is 2.02. The Labute approximate surface area is 158 Å². The van der Waals surface area contributed by atoms with Crippen LogP contribution in [0.15, 0.2) is 60.1 Å². The fourth-order valence-corrected chi connectivity index (χ4v) is 3.18. The number of hydrogen-bond donors (Lipinski definition) is 2. The Morgan fingerprint density at radius 2 is 1.89 bits per heavy atom. The van der Waals surface area contributed by atoms with Crippen molar-refractivity contribution in [3.63, 3.8) is 0 Å². The van der Waals surface area contributed by atoms with Gasteiger partial charge in [-0.3, -0.25) is 19.9 Å². The number of nitrogens with two attached hydrogens (primary N) is 1. The maximum atomic E-state index is 12.2. The summed E-state index contributed by atoms with van der Waals surface area (Å²) in [7, 11) is 0. The molecule has 140 valence electrons. The van der Waals surface area contributed by atoms with Gasteiger partial charge in [-0.15, -0.1) is 5.10 Å². The van der Waals surface area contributed by atoms with Crippen LogP contribution in [-0.4, -0.2) is 30.6 Å². The van der Waals surface area contributed by atoms with Gasteiger partial charge in [0.15, 0.2) is 5.82 Å². The Hall–Kier alpha value is -4.08. The number of benzene rings is 1. The minimum absolute atomic E-state index is 0.0460. The molecule has 1 atom stereocenters. The first-order valence-corrected chi connectivity index (χ1v) is 8.34. The Kier molecular flexibility index (Phi) is 4.07. The maximum Gasteiger partial charge on any atom is 0.269 e. The first-order chi connectivity index (χ1) is 13.5. The van der Waals surface area contributed by atoms with Gasteiger partial charge in [0, 0.05) is 35.8 Å². The lowest BCUT2D eigenvalue weighted by atomic mass is 9.95. The van der Waals surface area contributed by atoms with Crippen molar-refractivity contribution in [3.05, 3.63) is 75.7 Å². The SMILES string of the molecule is CC1=C(C(N)=O)C(c2ccc([N+](=O)[O-])cc2)n2nc(-c3ccncc3)nc2N1. The molecule has 1 aliphatic heterocycles. The highest BCUT2D eigenvalue weighted by Gasteiger charge is 2.33. The first kappa shape index (κ1) is 17.3. The lowest BCUT2D eigenvalue weighted by Gasteiger charge is -2.27. The number of rotatable bonds is 4. The number of carbonyl (C=O) groups is 1. The summed E-state index contributed by atoms with van der Waals surface area (Å²) in [4.78, 5) is 31.1. The summed E-state index contributed by atoms with van der Waals surface area (Å²) in [5, 5.41) is 18.5. The molecule has 4 rings (SSSR count). The molecule has 1 amide bonds. The first-order valence-electron chi connectivity index (χ1n) is 8.34. The predicted molar refractivity (Wildman–Crippen MR) is 100 cm³/mol. The molecule has 0 saturated carbocycles. The van der Waals surface area contributed by atoms with Crippen LogP contribution in [0.4, 0.5) is 11.6 Å². The van der Waals surface area contributed by atoms with Gasteiger partial charge < -0.3 is 11.1 Å². The molecule has 3 heterocycles. The highest BCUT2D eigenvalue weighted by atomic mass is 16.6. The Bertz CT molecular complexity index is 1100. The molecule has 0 aliphatic carbocycles. The van der Waals surface area contributed by atoms with Crippen LogP contribution in [0.25, 0.3) is 11.4 Å². The summed E-state index contributed by atoms with van der Waals surface area (Å²) in [6.45, 7) is 1.72. The van der Waals surface area contributed by atoms with Crippen LogP contribution < -0.4 is 11.1 Å². The van der Waals surface area contributed by atoms with Crippen LogP contribution in [0.3, 0.4) is 0 Å². The van der Waals surface area contributed by atoms with Gasteiger partial charge in [0.1, 0.15) is 6.04 Å². The number of primary amides is 1. The number of nitro benzene ring substituents is 1. The Morgan fingerprint density at radius 1 is 1.21 bits per heavy atom. The number of nitrogens with zero attached hydrogens (tertiary/aromatic N) is 5. The molecule has 10 nitrogen and oxygen atoms in total. The molecule has 0 radical (unpaired) electrons. The zero-order valence-corrected chi connectivity index (χ0v) is 14.7. The van der Waals surface area contributed by atoms with Crippen LogP contribution in [0.1, 0.15) is 18.5 Å². The van der Waals surface area contributed by atoms with E-state index in [1.54, 1.807) is 48.3 Å². The molecule has 1 aliphatic rings. The molecule has 2 aromatic heterocycles. The third kappa shape index (κ3) is 2.86. The average Bonchev–Trinajstić information content (AvgIpc) is 3.11. The second-order valence-corrected chi connectivity index (χ2v) is 6.22. The van der Waals surface area contributed by atoms with E-state index >= 15 is 0 Å². The van der Waals surface area contributed by atoms with E-state index in [0.717, 1.165) is 5.56 Å². The van der Waals surface area contributed by atoms with Crippen LogP contribution in [0.2, 0.25) is 0 Å². The zero-order valence-electron chi connectivity index (χ0n) is 14.7. The topological polar surface area (TPSA) is 142 Å². The van der Waals surface area contributed by atoms with E-state index in [2.05, 4.69) is 20.4 Å². The summed E-state index contributed by atoms with van der Waals surface area (Å²) >= 11 is 0. The molecule has 1 aromatic carbocycles. The largest absolute Gasteiger partial charge is 0.366 e. The average molecular weight is 377 g/mol. The van der Waals surface area contributed by atoms with E-state index in [4.69, 9.17) is 5.73 Å². The highest BCUT2D eigenvalue weighted by Crippen LogP contribution is 2.36. The molecule has 3 aromatic rings. The Balaban J connectivity index is 1.86. The molecule has 28 heavy (non-hydrogen) atoms. The minimum Gasteiger partial charge on any atom is -0.366 e. The molecule has 3 N–H and O–H groups in total. The smallest absolute Gasteiger partial charge is 0.269 e. The van der Waals surface area contributed by atoms with Crippen LogP contribution >= 0.6 is 0 Å². The van der Waals surface area contributed by atoms with Gasteiger partial charge in [0.25, 0.3) is 5.69 Å². The molecule has 1 unspecified atom stereocenters. The number of amides is 1. The molecular weight excluding hydrogens is 362 g/mol. The standard InChI is InChI=1S/C18H15N7O3/c1-10-14(16(19)26)15(11-2-4-13(5-3-11)25(27)28)24-18(21-10)22-17(23-24)12-6-8-20-9-7-12/h2-9,15H,1H3,(H2,19,26)(H,21,22,23). The number of aromatic nitrogens is 4. The van der Waals surface area contributed by atoms with Crippen molar-refractivity contribution in [2.75, 3.05) is 5.32 Å². The third-order valence-corrected chi connectivity index (χ3v) is 4.48. The van der Waals surface area contributed by atoms with Crippen molar-refractivity contribution in [2.45, 2.75) is 13.0 Å². The Morgan fingerprint density at radius 3 is 2.50 bits per heavy atom. The summed E-state index contributed by atoms with van der Waals surface area (Å²) in [5.41, 5.74) is 7.84. The summed E-state index contributed by atoms with van der Waals surface area (Å²) in [5.74, 6) is 0.285. The second-order valence-electron chi connectivity index (χ2n) is 6.22. The number of pyridine rings is 1. The number of fused-ring (bicyclic) bond motifs is 1. The second kappa shape index (κ2) is 6.58. The normalized spacial score (nSPS) is 15.7. The third-order valence-electron chi connectivity index (χ3n) is 4.48. The van der Waals surface area contributed by atoms with Gasteiger partial charge >= 0.3 is 0 Å². The zero-order chi connectivity index (χ0) is 19.8. The van der Waals surface area contributed by atoms with Crippen LogP contribution in [0, 0.1) is 10.1 Å². The highest BCUT2D eigenvalue weighted by molar-refractivity contribution is 5.95. The van der Waals surface area contributed by atoms with E-state index in [1.165, 1.54) is 12.1 Å². The van der Waals surface area contributed by atoms with Crippen LogP contribution in [0.5, 0.6) is 0 Å². The molecule has 0 spiro atoms. The van der Waals surface area contributed by atoms with E-state index < -0.39 is 16.9 Å². The van der Waals surface area contributed by atoms with Crippen molar-refractivity contribution < 1.29 is 9.72 Å². The number of allylic oxidation sites excluding steroid dienone is 1. The van der Waals surface area contributed by atoms with Crippen molar-refractivity contribution in [2.24, 2.45) is 5.73 Å². The van der Waals surface area contributed by atoms with Crippen molar-refractivity contribution in [1.29, 1.82) is 0 Å². The van der Waals surface area contributed by atoms with Crippen LogP contribution in [-0.2, 0) is 4.79 Å². The molecule has 0 saturated heterocycles. The van der Waals surface area contributed by atoms with Crippen molar-refractivity contribution in [1.82, 2.24) is 19.7 Å². The number of hydrogen-bond acceptors (Lipinski definition) is 7. The van der Waals surface area contributed by atoms with Crippen molar-refractivity contribution >= 4 is 17.5 Å². The van der Waals surface area contributed by atoms with E-state index in [-0.39, 0.29) is 5.69 Å². The van der Waals surface area contributed by atoms with E-state index in [0.29, 0.717) is 28.6 Å². The van der Waals surface area contributed by atoms with Gasteiger partial charge in [-0.2, -0.15) is 4.98 Å². The monoisotopic (exact) mass is 377 g/mol. The van der Waals surface area contributed by atoms with Gasteiger partial charge in [0.05, 0.1) is 10.5 Å². The van der Waals surface area contributed by atoms with E-state index in [9.17, 15) is 14.9 Å². The molecular formula is C18H15N7O3. The number of carbonyl (C=O) groups excluding carboxylic acids is 1. The van der Waals surface area contributed by atoms with Gasteiger partial charge in [-0.25, -0.2) is 4.68 Å². The van der Waals surface area contributed by atoms with E-state index in [1.807, 2.05) is 0 Å².